The van der Waals surface area contributed by atoms with Gasteiger partial charge in [-0.25, -0.2) is 0 Å². The highest BCUT2D eigenvalue weighted by Crippen LogP contribution is 1.99. The molecule has 94 valence electrons. The zero-order valence-electron chi connectivity index (χ0n) is 10.6. The van der Waals surface area contributed by atoms with Gasteiger partial charge >= 0.3 is 0 Å². The third-order valence-electron chi connectivity index (χ3n) is 2.35. The number of allylic oxidation sites excluding steroid dienone is 4. The van der Waals surface area contributed by atoms with E-state index in [-0.39, 0.29) is 11.9 Å². The van der Waals surface area contributed by atoms with E-state index >= 15 is 0 Å². The maximum Gasteiger partial charge on any atom is 0.241 e. The Kier molecular flexibility index (Phi) is 7.63. The SMILES string of the molecule is C=C/C(=C\C=C(\C=O)CC)NC(=O)C(C)NC. The number of likely N-dealkylation sites (N-methyl/N-ethyl adjacent to an activating group) is 1. The lowest BCUT2D eigenvalue weighted by atomic mass is 10.2. The summed E-state index contributed by atoms with van der Waals surface area (Å²) in [5, 5.41) is 5.54. The molecular formula is C13H20N2O2. The van der Waals surface area contributed by atoms with Crippen LogP contribution in [0.5, 0.6) is 0 Å². The number of amides is 1. The van der Waals surface area contributed by atoms with Crippen molar-refractivity contribution in [1.29, 1.82) is 0 Å². The van der Waals surface area contributed by atoms with E-state index in [1.54, 1.807) is 26.1 Å². The number of hydrogen-bond donors (Lipinski definition) is 2. The van der Waals surface area contributed by atoms with E-state index < -0.39 is 0 Å². The molecule has 1 atom stereocenters. The van der Waals surface area contributed by atoms with Gasteiger partial charge in [0.15, 0.2) is 0 Å². The number of rotatable bonds is 7. The Labute approximate surface area is 102 Å². The van der Waals surface area contributed by atoms with Crippen molar-refractivity contribution in [3.63, 3.8) is 0 Å². The van der Waals surface area contributed by atoms with Gasteiger partial charge in [-0.1, -0.05) is 19.6 Å². The van der Waals surface area contributed by atoms with Crippen molar-refractivity contribution in [2.24, 2.45) is 0 Å². The lowest BCUT2D eigenvalue weighted by molar-refractivity contribution is -0.121. The van der Waals surface area contributed by atoms with E-state index in [9.17, 15) is 9.59 Å². The minimum absolute atomic E-state index is 0.142. The second kappa shape index (κ2) is 8.47. The third-order valence-corrected chi connectivity index (χ3v) is 2.35. The Hall–Kier alpha value is -1.68. The molecule has 0 aromatic carbocycles. The molecule has 17 heavy (non-hydrogen) atoms. The predicted molar refractivity (Wildman–Crippen MR) is 69.4 cm³/mol. The zero-order chi connectivity index (χ0) is 13.3. The largest absolute Gasteiger partial charge is 0.325 e. The van der Waals surface area contributed by atoms with Gasteiger partial charge in [0.2, 0.25) is 5.91 Å². The van der Waals surface area contributed by atoms with Gasteiger partial charge in [-0.2, -0.15) is 0 Å². The molecule has 0 aliphatic heterocycles. The normalized spacial score (nSPS) is 14.1. The summed E-state index contributed by atoms with van der Waals surface area (Å²) >= 11 is 0. The summed E-state index contributed by atoms with van der Waals surface area (Å²) in [6.07, 6.45) is 6.34. The molecule has 0 aliphatic carbocycles. The van der Waals surface area contributed by atoms with Crippen molar-refractivity contribution < 1.29 is 9.59 Å². The molecule has 0 aromatic heterocycles. The molecule has 0 saturated carbocycles. The summed E-state index contributed by atoms with van der Waals surface area (Å²) < 4.78 is 0. The van der Waals surface area contributed by atoms with Crippen LogP contribution in [0, 0.1) is 0 Å². The molecule has 0 bridgehead atoms. The smallest absolute Gasteiger partial charge is 0.241 e. The molecule has 2 N–H and O–H groups in total. The van der Waals surface area contributed by atoms with E-state index in [0.29, 0.717) is 17.7 Å². The molecule has 1 amide bonds. The highest BCUT2D eigenvalue weighted by atomic mass is 16.2. The van der Waals surface area contributed by atoms with E-state index in [4.69, 9.17) is 0 Å². The average Bonchev–Trinajstić information content (AvgIpc) is 2.37. The van der Waals surface area contributed by atoms with Crippen LogP contribution in [0.1, 0.15) is 20.3 Å². The van der Waals surface area contributed by atoms with Gasteiger partial charge in [0.1, 0.15) is 6.29 Å². The minimum Gasteiger partial charge on any atom is -0.325 e. The van der Waals surface area contributed by atoms with Crippen LogP contribution in [0.15, 0.2) is 36.1 Å². The summed E-state index contributed by atoms with van der Waals surface area (Å²) in [5.41, 5.74) is 1.24. The fraction of sp³-hybridized carbons (Fsp3) is 0.385. The van der Waals surface area contributed by atoms with Crippen molar-refractivity contribution in [2.45, 2.75) is 26.3 Å². The second-order valence-electron chi connectivity index (χ2n) is 3.54. The van der Waals surface area contributed by atoms with Crippen LogP contribution in [0.25, 0.3) is 0 Å². The number of nitrogens with one attached hydrogen (secondary N) is 2. The standard InChI is InChI=1S/C13H20N2O2/c1-5-11(9-16)7-8-12(6-2)15-13(17)10(3)14-4/h6-10,14H,2,5H2,1,3-4H3,(H,15,17)/b11-7+,12-8+. The van der Waals surface area contributed by atoms with Gasteiger partial charge in [-0.3, -0.25) is 9.59 Å². The highest BCUT2D eigenvalue weighted by Gasteiger charge is 2.09. The van der Waals surface area contributed by atoms with Gasteiger partial charge in [0.25, 0.3) is 0 Å². The molecule has 0 fully saturated rings. The van der Waals surface area contributed by atoms with Gasteiger partial charge in [-0.15, -0.1) is 0 Å². The molecule has 0 saturated heterocycles. The van der Waals surface area contributed by atoms with Gasteiger partial charge in [-0.05, 0) is 38.1 Å². The first-order chi connectivity index (χ1) is 8.08. The molecular weight excluding hydrogens is 216 g/mol. The minimum atomic E-state index is -0.279. The first-order valence-corrected chi connectivity index (χ1v) is 5.55. The van der Waals surface area contributed by atoms with Crippen LogP contribution < -0.4 is 10.6 Å². The van der Waals surface area contributed by atoms with Gasteiger partial charge in [0, 0.05) is 5.70 Å². The second-order valence-corrected chi connectivity index (χ2v) is 3.54. The zero-order valence-corrected chi connectivity index (χ0v) is 10.6. The molecule has 4 heteroatoms. The maximum atomic E-state index is 11.6. The molecule has 0 rings (SSSR count). The van der Waals surface area contributed by atoms with Crippen LogP contribution in [0.3, 0.4) is 0 Å². The summed E-state index contributed by atoms with van der Waals surface area (Å²) in [5.74, 6) is -0.142. The van der Waals surface area contributed by atoms with E-state index in [0.717, 1.165) is 6.29 Å². The predicted octanol–water partition coefficient (Wildman–Crippen LogP) is 1.32. The molecule has 0 spiro atoms. The van der Waals surface area contributed by atoms with Crippen molar-refractivity contribution in [2.75, 3.05) is 7.05 Å². The molecule has 0 heterocycles. The highest BCUT2D eigenvalue weighted by molar-refractivity contribution is 5.83. The first-order valence-electron chi connectivity index (χ1n) is 5.55. The molecule has 0 aliphatic rings. The number of carbonyl (C=O) groups excluding carboxylic acids is 2. The van der Waals surface area contributed by atoms with Crippen LogP contribution in [-0.2, 0) is 9.59 Å². The average molecular weight is 236 g/mol. The Morgan fingerprint density at radius 2 is 2.06 bits per heavy atom. The summed E-state index contributed by atoms with van der Waals surface area (Å²) in [6, 6.07) is -0.279. The fourth-order valence-corrected chi connectivity index (χ4v) is 0.980. The number of carbonyl (C=O) groups is 2. The first kappa shape index (κ1) is 15.3. The van der Waals surface area contributed by atoms with E-state index in [1.165, 1.54) is 6.08 Å². The molecule has 4 nitrogen and oxygen atoms in total. The summed E-state index contributed by atoms with van der Waals surface area (Å²) in [7, 11) is 1.71. The quantitative estimate of drug-likeness (QED) is 0.398. The van der Waals surface area contributed by atoms with Crippen LogP contribution in [0.4, 0.5) is 0 Å². The Morgan fingerprint density at radius 3 is 2.47 bits per heavy atom. The van der Waals surface area contributed by atoms with E-state index in [2.05, 4.69) is 17.2 Å². The monoisotopic (exact) mass is 236 g/mol. The lowest BCUT2D eigenvalue weighted by Gasteiger charge is -2.11. The molecule has 0 radical (unpaired) electrons. The topological polar surface area (TPSA) is 58.2 Å². The van der Waals surface area contributed by atoms with Crippen molar-refractivity contribution in [1.82, 2.24) is 10.6 Å². The van der Waals surface area contributed by atoms with E-state index in [1.807, 2.05) is 6.92 Å². The van der Waals surface area contributed by atoms with Crippen molar-refractivity contribution in [3.05, 3.63) is 36.1 Å². The van der Waals surface area contributed by atoms with Crippen molar-refractivity contribution in [3.8, 4) is 0 Å². The fourth-order valence-electron chi connectivity index (χ4n) is 0.980. The summed E-state index contributed by atoms with van der Waals surface area (Å²) in [4.78, 5) is 22.2. The lowest BCUT2D eigenvalue weighted by Crippen LogP contribution is -2.39. The van der Waals surface area contributed by atoms with Crippen LogP contribution in [-0.4, -0.2) is 25.3 Å². The van der Waals surface area contributed by atoms with Crippen molar-refractivity contribution >= 4 is 12.2 Å². The number of aldehydes is 1. The Morgan fingerprint density at radius 1 is 1.41 bits per heavy atom. The third kappa shape index (κ3) is 5.82. The number of hydrogen-bond acceptors (Lipinski definition) is 3. The molecule has 1 unspecified atom stereocenters. The Balaban J connectivity index is 4.68. The van der Waals surface area contributed by atoms with Crippen LogP contribution >= 0.6 is 0 Å². The Bertz CT molecular complexity index is 343. The summed E-state index contributed by atoms with van der Waals surface area (Å²) in [6.45, 7) is 7.26. The van der Waals surface area contributed by atoms with Crippen LogP contribution in [0.2, 0.25) is 0 Å². The van der Waals surface area contributed by atoms with Gasteiger partial charge < -0.3 is 10.6 Å². The maximum absolute atomic E-state index is 11.6. The molecule has 0 aromatic rings. The van der Waals surface area contributed by atoms with Gasteiger partial charge in [0.05, 0.1) is 6.04 Å².